The number of amides is 1. The maximum atomic E-state index is 12.6. The molecule has 0 saturated carbocycles. The highest BCUT2D eigenvalue weighted by Crippen LogP contribution is 2.38. The lowest BCUT2D eigenvalue weighted by Gasteiger charge is -2.35. The first kappa shape index (κ1) is 12.7. The summed E-state index contributed by atoms with van der Waals surface area (Å²) in [4.78, 5) is 14.6. The first-order valence-electron chi connectivity index (χ1n) is 7.23. The zero-order valence-corrected chi connectivity index (χ0v) is 11.4. The lowest BCUT2D eigenvalue weighted by molar-refractivity contribution is -0.134. The SMILES string of the molecule is CC(O)CC1CCCN1C(=O)C1Cc2ccccc21. The van der Waals surface area contributed by atoms with Gasteiger partial charge in [-0.1, -0.05) is 24.3 Å². The van der Waals surface area contributed by atoms with Crippen LogP contribution in [0.2, 0.25) is 0 Å². The molecular formula is C16H21NO2. The average molecular weight is 259 g/mol. The van der Waals surface area contributed by atoms with Crippen LogP contribution in [0.1, 0.15) is 43.2 Å². The smallest absolute Gasteiger partial charge is 0.230 e. The van der Waals surface area contributed by atoms with E-state index >= 15 is 0 Å². The Morgan fingerprint density at radius 2 is 2.26 bits per heavy atom. The second-order valence-electron chi connectivity index (χ2n) is 5.87. The number of fused-ring (bicyclic) bond motifs is 1. The van der Waals surface area contributed by atoms with Gasteiger partial charge in [0.2, 0.25) is 5.91 Å². The summed E-state index contributed by atoms with van der Waals surface area (Å²) in [7, 11) is 0. The topological polar surface area (TPSA) is 40.5 Å². The molecule has 0 radical (unpaired) electrons. The third-order valence-corrected chi connectivity index (χ3v) is 4.43. The Morgan fingerprint density at radius 3 is 3.00 bits per heavy atom. The molecule has 1 aliphatic carbocycles. The summed E-state index contributed by atoms with van der Waals surface area (Å²) < 4.78 is 0. The van der Waals surface area contributed by atoms with Gasteiger partial charge in [-0.25, -0.2) is 0 Å². The van der Waals surface area contributed by atoms with Crippen LogP contribution < -0.4 is 0 Å². The minimum Gasteiger partial charge on any atom is -0.393 e. The van der Waals surface area contributed by atoms with Gasteiger partial charge in [-0.2, -0.15) is 0 Å². The number of nitrogens with zero attached hydrogens (tertiary/aromatic N) is 1. The van der Waals surface area contributed by atoms with Crippen molar-refractivity contribution in [3.05, 3.63) is 35.4 Å². The second-order valence-corrected chi connectivity index (χ2v) is 5.87. The molecule has 1 saturated heterocycles. The van der Waals surface area contributed by atoms with Crippen LogP contribution in [0.15, 0.2) is 24.3 Å². The second kappa shape index (κ2) is 4.97. The summed E-state index contributed by atoms with van der Waals surface area (Å²) in [5.74, 6) is 0.327. The summed E-state index contributed by atoms with van der Waals surface area (Å²) in [5.41, 5.74) is 2.52. The van der Waals surface area contributed by atoms with E-state index < -0.39 is 0 Å². The molecule has 1 amide bonds. The third-order valence-electron chi connectivity index (χ3n) is 4.43. The quantitative estimate of drug-likeness (QED) is 0.903. The first-order chi connectivity index (χ1) is 9.16. The van der Waals surface area contributed by atoms with E-state index in [4.69, 9.17) is 0 Å². The van der Waals surface area contributed by atoms with Gasteiger partial charge in [0.15, 0.2) is 0 Å². The number of carbonyl (C=O) groups excluding carboxylic acids is 1. The molecule has 3 nitrogen and oxygen atoms in total. The van der Waals surface area contributed by atoms with Gasteiger partial charge >= 0.3 is 0 Å². The summed E-state index contributed by atoms with van der Waals surface area (Å²) >= 11 is 0. The van der Waals surface area contributed by atoms with E-state index in [-0.39, 0.29) is 24.0 Å². The molecule has 3 rings (SSSR count). The van der Waals surface area contributed by atoms with E-state index in [2.05, 4.69) is 12.1 Å². The molecule has 0 bridgehead atoms. The first-order valence-corrected chi connectivity index (χ1v) is 7.23. The van der Waals surface area contributed by atoms with Gasteiger partial charge in [0.05, 0.1) is 12.0 Å². The average Bonchev–Trinajstić information content (AvgIpc) is 2.77. The van der Waals surface area contributed by atoms with Crippen molar-refractivity contribution in [1.29, 1.82) is 0 Å². The monoisotopic (exact) mass is 259 g/mol. The number of aliphatic hydroxyl groups is 1. The summed E-state index contributed by atoms with van der Waals surface area (Å²) in [6.07, 6.45) is 3.36. The molecule has 3 atom stereocenters. The van der Waals surface area contributed by atoms with E-state index in [1.54, 1.807) is 6.92 Å². The van der Waals surface area contributed by atoms with Crippen LogP contribution in [-0.4, -0.2) is 34.6 Å². The number of aliphatic hydroxyl groups excluding tert-OH is 1. The zero-order chi connectivity index (χ0) is 13.4. The Kier molecular flexibility index (Phi) is 3.31. The number of hydrogen-bond donors (Lipinski definition) is 1. The molecule has 1 heterocycles. The van der Waals surface area contributed by atoms with Crippen molar-refractivity contribution >= 4 is 5.91 Å². The lowest BCUT2D eigenvalue weighted by atomic mass is 9.76. The van der Waals surface area contributed by atoms with Gasteiger partial charge in [-0.15, -0.1) is 0 Å². The Labute approximate surface area is 114 Å². The van der Waals surface area contributed by atoms with Crippen molar-refractivity contribution < 1.29 is 9.90 Å². The van der Waals surface area contributed by atoms with Gasteiger partial charge < -0.3 is 10.0 Å². The molecule has 2 aliphatic rings. The molecule has 1 fully saturated rings. The highest BCUT2D eigenvalue weighted by molar-refractivity contribution is 5.87. The zero-order valence-electron chi connectivity index (χ0n) is 11.4. The Bertz CT molecular complexity index is 483. The molecule has 102 valence electrons. The van der Waals surface area contributed by atoms with Gasteiger partial charge in [0, 0.05) is 12.6 Å². The van der Waals surface area contributed by atoms with Crippen molar-refractivity contribution in [1.82, 2.24) is 4.90 Å². The predicted octanol–water partition coefficient (Wildman–Crippen LogP) is 2.09. The number of benzene rings is 1. The molecule has 3 heteroatoms. The van der Waals surface area contributed by atoms with Crippen molar-refractivity contribution in [2.75, 3.05) is 6.54 Å². The van der Waals surface area contributed by atoms with E-state index in [0.717, 1.165) is 25.8 Å². The van der Waals surface area contributed by atoms with Gasteiger partial charge in [-0.3, -0.25) is 4.79 Å². The predicted molar refractivity (Wildman–Crippen MR) is 73.9 cm³/mol. The molecule has 0 aromatic heterocycles. The molecule has 3 unspecified atom stereocenters. The molecule has 1 N–H and O–H groups in total. The van der Waals surface area contributed by atoms with Crippen LogP contribution in [0.4, 0.5) is 0 Å². The molecule has 1 aromatic rings. The number of likely N-dealkylation sites (tertiary alicyclic amines) is 1. The van der Waals surface area contributed by atoms with Gasteiger partial charge in [0.25, 0.3) is 0 Å². The Hall–Kier alpha value is -1.35. The number of rotatable bonds is 3. The molecule has 19 heavy (non-hydrogen) atoms. The van der Waals surface area contributed by atoms with Crippen LogP contribution >= 0.6 is 0 Å². The Morgan fingerprint density at radius 1 is 1.47 bits per heavy atom. The van der Waals surface area contributed by atoms with Crippen molar-refractivity contribution in [2.24, 2.45) is 0 Å². The fourth-order valence-corrected chi connectivity index (χ4v) is 3.44. The normalized spacial score (nSPS) is 26.7. The van der Waals surface area contributed by atoms with Crippen molar-refractivity contribution in [3.63, 3.8) is 0 Å². The highest BCUT2D eigenvalue weighted by atomic mass is 16.3. The highest BCUT2D eigenvalue weighted by Gasteiger charge is 2.38. The summed E-state index contributed by atoms with van der Waals surface area (Å²) in [5, 5.41) is 9.54. The molecule has 1 aromatic carbocycles. The van der Waals surface area contributed by atoms with Gasteiger partial charge in [-0.05, 0) is 43.7 Å². The van der Waals surface area contributed by atoms with Crippen LogP contribution in [0.25, 0.3) is 0 Å². The minimum atomic E-state index is -0.327. The maximum absolute atomic E-state index is 12.6. The van der Waals surface area contributed by atoms with E-state index in [9.17, 15) is 9.90 Å². The van der Waals surface area contributed by atoms with Crippen molar-refractivity contribution in [3.8, 4) is 0 Å². The lowest BCUT2D eigenvalue weighted by Crippen LogP contribution is -2.43. The Balaban J connectivity index is 1.71. The summed E-state index contributed by atoms with van der Waals surface area (Å²) in [6.45, 7) is 2.66. The van der Waals surface area contributed by atoms with E-state index in [0.29, 0.717) is 6.42 Å². The number of hydrogen-bond acceptors (Lipinski definition) is 2. The van der Waals surface area contributed by atoms with Crippen LogP contribution in [-0.2, 0) is 11.2 Å². The van der Waals surface area contributed by atoms with Crippen LogP contribution in [0, 0.1) is 0 Å². The largest absolute Gasteiger partial charge is 0.393 e. The van der Waals surface area contributed by atoms with Crippen LogP contribution in [0.3, 0.4) is 0 Å². The van der Waals surface area contributed by atoms with E-state index in [1.165, 1.54) is 11.1 Å². The molecule has 1 aliphatic heterocycles. The number of carbonyl (C=O) groups is 1. The fraction of sp³-hybridized carbons (Fsp3) is 0.562. The minimum absolute atomic E-state index is 0.0609. The van der Waals surface area contributed by atoms with Gasteiger partial charge in [0.1, 0.15) is 0 Å². The maximum Gasteiger partial charge on any atom is 0.230 e. The summed E-state index contributed by atoms with van der Waals surface area (Å²) in [6, 6.07) is 8.46. The standard InChI is InChI=1S/C16H21NO2/c1-11(18)9-13-6-4-8-17(13)16(19)15-10-12-5-2-3-7-14(12)15/h2-3,5,7,11,13,15,18H,4,6,8-10H2,1H3. The molecule has 0 spiro atoms. The third kappa shape index (κ3) is 2.27. The van der Waals surface area contributed by atoms with Crippen molar-refractivity contribution in [2.45, 2.75) is 50.7 Å². The fourth-order valence-electron chi connectivity index (χ4n) is 3.44. The van der Waals surface area contributed by atoms with E-state index in [1.807, 2.05) is 17.0 Å². The molecular weight excluding hydrogens is 238 g/mol. The van der Waals surface area contributed by atoms with Crippen LogP contribution in [0.5, 0.6) is 0 Å².